The van der Waals surface area contributed by atoms with Crippen molar-refractivity contribution in [3.05, 3.63) is 44.9 Å². The van der Waals surface area contributed by atoms with Crippen molar-refractivity contribution < 1.29 is 4.74 Å². The maximum atomic E-state index is 5.98. The summed E-state index contributed by atoms with van der Waals surface area (Å²) in [7, 11) is 0. The average molecular weight is 325 g/mol. The first kappa shape index (κ1) is 16.3. The molecule has 0 aliphatic heterocycles. The predicted molar refractivity (Wildman–Crippen MR) is 89.2 cm³/mol. The lowest BCUT2D eigenvalue weighted by Gasteiger charge is -2.08. The molecule has 0 atom stereocenters. The Bertz CT molecular complexity index is 583. The van der Waals surface area contributed by atoms with E-state index >= 15 is 0 Å². The fourth-order valence-corrected chi connectivity index (χ4v) is 2.76. The van der Waals surface area contributed by atoms with Crippen molar-refractivity contribution in [2.45, 2.75) is 33.9 Å². The molecule has 1 N–H and O–H groups in total. The Morgan fingerprint density at radius 1 is 1.38 bits per heavy atom. The zero-order chi connectivity index (χ0) is 15.2. The zero-order valence-corrected chi connectivity index (χ0v) is 14.2. The third-order valence-corrected chi connectivity index (χ3v) is 4.09. The lowest BCUT2D eigenvalue weighted by atomic mass is 10.2. The number of benzene rings is 1. The van der Waals surface area contributed by atoms with Crippen molar-refractivity contribution in [2.75, 3.05) is 6.54 Å². The van der Waals surface area contributed by atoms with Gasteiger partial charge in [0.15, 0.2) is 0 Å². The van der Waals surface area contributed by atoms with E-state index in [4.69, 9.17) is 16.3 Å². The van der Waals surface area contributed by atoms with Crippen molar-refractivity contribution >= 4 is 22.9 Å². The number of hydrogen-bond acceptors (Lipinski definition) is 4. The van der Waals surface area contributed by atoms with E-state index in [1.165, 1.54) is 0 Å². The maximum absolute atomic E-state index is 5.98. The van der Waals surface area contributed by atoms with Crippen LogP contribution >= 0.6 is 22.9 Å². The molecule has 0 aliphatic carbocycles. The number of halogens is 1. The molecule has 21 heavy (non-hydrogen) atoms. The third kappa shape index (κ3) is 5.30. The molecule has 1 heterocycles. The molecule has 0 spiro atoms. The number of aryl methyl sites for hydroxylation is 1. The molecular weight excluding hydrogens is 304 g/mol. The molecule has 2 aromatic rings. The summed E-state index contributed by atoms with van der Waals surface area (Å²) in [5, 5.41) is 7.22. The Kier molecular flexibility index (Phi) is 6.03. The Labute approximate surface area is 135 Å². The molecule has 5 heteroatoms. The van der Waals surface area contributed by atoms with Gasteiger partial charge < -0.3 is 10.1 Å². The van der Waals surface area contributed by atoms with Crippen LogP contribution in [0.2, 0.25) is 5.02 Å². The summed E-state index contributed by atoms with van der Waals surface area (Å²) in [5.74, 6) is 1.47. The van der Waals surface area contributed by atoms with Crippen LogP contribution in [-0.2, 0) is 13.2 Å². The highest BCUT2D eigenvalue weighted by Gasteiger charge is 2.05. The molecule has 1 aromatic carbocycles. The second-order valence-electron chi connectivity index (χ2n) is 5.46. The van der Waals surface area contributed by atoms with Crippen LogP contribution in [0, 0.1) is 12.8 Å². The number of thiazole rings is 1. The number of nitrogens with one attached hydrogen (secondary N) is 1. The molecule has 0 radical (unpaired) electrons. The van der Waals surface area contributed by atoms with Crippen LogP contribution in [0.15, 0.2) is 23.6 Å². The van der Waals surface area contributed by atoms with Crippen molar-refractivity contribution in [1.82, 2.24) is 10.3 Å². The van der Waals surface area contributed by atoms with Crippen molar-refractivity contribution in [3.63, 3.8) is 0 Å². The number of rotatable bonds is 7. The highest BCUT2D eigenvalue weighted by atomic mass is 35.5. The Hall–Kier alpha value is -1.10. The number of aromatic nitrogens is 1. The molecule has 3 nitrogen and oxygen atoms in total. The summed E-state index contributed by atoms with van der Waals surface area (Å²) < 4.78 is 5.80. The van der Waals surface area contributed by atoms with Gasteiger partial charge in [0.1, 0.15) is 17.4 Å². The van der Waals surface area contributed by atoms with E-state index in [2.05, 4.69) is 24.1 Å². The second kappa shape index (κ2) is 7.78. The third-order valence-electron chi connectivity index (χ3n) is 2.95. The summed E-state index contributed by atoms with van der Waals surface area (Å²) in [6.07, 6.45) is 0. The van der Waals surface area contributed by atoms with Gasteiger partial charge in [0.05, 0.1) is 5.69 Å². The monoisotopic (exact) mass is 324 g/mol. The molecule has 114 valence electrons. The fraction of sp³-hybridized carbons (Fsp3) is 0.438. The van der Waals surface area contributed by atoms with Gasteiger partial charge >= 0.3 is 0 Å². The van der Waals surface area contributed by atoms with Gasteiger partial charge in [-0.15, -0.1) is 11.3 Å². The van der Waals surface area contributed by atoms with Gasteiger partial charge in [-0.05, 0) is 37.1 Å². The average Bonchev–Trinajstić information content (AvgIpc) is 2.87. The minimum absolute atomic E-state index is 0.474. The van der Waals surface area contributed by atoms with Gasteiger partial charge in [0.25, 0.3) is 0 Å². The van der Waals surface area contributed by atoms with Gasteiger partial charge in [0.2, 0.25) is 0 Å². The number of hydrogen-bond donors (Lipinski definition) is 1. The molecule has 0 saturated heterocycles. The summed E-state index contributed by atoms with van der Waals surface area (Å²) in [6.45, 7) is 8.70. The molecule has 0 unspecified atom stereocenters. The molecule has 1 aromatic heterocycles. The first-order valence-corrected chi connectivity index (χ1v) is 8.33. The Morgan fingerprint density at radius 3 is 2.95 bits per heavy atom. The number of ether oxygens (including phenoxy) is 1. The normalized spacial score (nSPS) is 11.1. The van der Waals surface area contributed by atoms with E-state index in [9.17, 15) is 0 Å². The van der Waals surface area contributed by atoms with Gasteiger partial charge in [-0.25, -0.2) is 4.98 Å². The molecule has 2 rings (SSSR count). The minimum Gasteiger partial charge on any atom is -0.487 e. The summed E-state index contributed by atoms with van der Waals surface area (Å²) in [4.78, 5) is 4.57. The topological polar surface area (TPSA) is 34.1 Å². The van der Waals surface area contributed by atoms with E-state index in [0.29, 0.717) is 17.5 Å². The second-order valence-corrected chi connectivity index (χ2v) is 6.83. The van der Waals surface area contributed by atoms with Crippen LogP contribution in [0.5, 0.6) is 5.75 Å². The molecule has 0 amide bonds. The SMILES string of the molecule is Cc1ccc(Cl)cc1OCc1csc(CNCC(C)C)n1. The van der Waals surface area contributed by atoms with Crippen molar-refractivity contribution in [3.8, 4) is 5.75 Å². The lowest BCUT2D eigenvalue weighted by molar-refractivity contribution is 0.300. The molecule has 0 aliphatic rings. The minimum atomic E-state index is 0.474. The first-order valence-electron chi connectivity index (χ1n) is 7.07. The van der Waals surface area contributed by atoms with E-state index in [0.717, 1.165) is 35.1 Å². The summed E-state index contributed by atoms with van der Waals surface area (Å²) in [5.41, 5.74) is 2.04. The maximum Gasteiger partial charge on any atom is 0.131 e. The van der Waals surface area contributed by atoms with Crippen LogP contribution in [0.4, 0.5) is 0 Å². The predicted octanol–water partition coefficient (Wildman–Crippen LogP) is 4.43. The van der Waals surface area contributed by atoms with Crippen LogP contribution in [0.1, 0.15) is 30.1 Å². The largest absolute Gasteiger partial charge is 0.487 e. The zero-order valence-electron chi connectivity index (χ0n) is 12.6. The van der Waals surface area contributed by atoms with Gasteiger partial charge in [-0.2, -0.15) is 0 Å². The van der Waals surface area contributed by atoms with Gasteiger partial charge in [0, 0.05) is 16.9 Å². The van der Waals surface area contributed by atoms with Crippen LogP contribution in [0.25, 0.3) is 0 Å². The highest BCUT2D eigenvalue weighted by molar-refractivity contribution is 7.09. The molecule has 0 bridgehead atoms. The Balaban J connectivity index is 1.86. The fourth-order valence-electron chi connectivity index (χ4n) is 1.85. The summed E-state index contributed by atoms with van der Waals surface area (Å²) in [6, 6.07) is 5.67. The Morgan fingerprint density at radius 2 is 2.19 bits per heavy atom. The highest BCUT2D eigenvalue weighted by Crippen LogP contribution is 2.23. The summed E-state index contributed by atoms with van der Waals surface area (Å²) >= 11 is 7.65. The number of nitrogens with zero attached hydrogens (tertiary/aromatic N) is 1. The van der Waals surface area contributed by atoms with Crippen molar-refractivity contribution in [2.24, 2.45) is 5.92 Å². The smallest absolute Gasteiger partial charge is 0.131 e. The molecule has 0 saturated carbocycles. The van der Waals surface area contributed by atoms with Crippen LogP contribution in [-0.4, -0.2) is 11.5 Å². The van der Waals surface area contributed by atoms with Crippen LogP contribution in [0.3, 0.4) is 0 Å². The quantitative estimate of drug-likeness (QED) is 0.818. The first-order chi connectivity index (χ1) is 10.0. The van der Waals surface area contributed by atoms with E-state index in [1.807, 2.05) is 30.5 Å². The standard InChI is InChI=1S/C16H21ClN2OS/c1-11(2)7-18-8-16-19-14(10-21-16)9-20-15-6-13(17)5-4-12(15)3/h4-6,10-11,18H,7-9H2,1-3H3. The van der Waals surface area contributed by atoms with E-state index in [1.54, 1.807) is 11.3 Å². The molecule has 0 fully saturated rings. The van der Waals surface area contributed by atoms with Crippen molar-refractivity contribution in [1.29, 1.82) is 0 Å². The molecular formula is C16H21ClN2OS. The van der Waals surface area contributed by atoms with E-state index in [-0.39, 0.29) is 0 Å². The van der Waals surface area contributed by atoms with Gasteiger partial charge in [-0.3, -0.25) is 0 Å². The van der Waals surface area contributed by atoms with Crippen LogP contribution < -0.4 is 10.1 Å². The lowest BCUT2D eigenvalue weighted by Crippen LogP contribution is -2.18. The van der Waals surface area contributed by atoms with E-state index < -0.39 is 0 Å². The van der Waals surface area contributed by atoms with Gasteiger partial charge in [-0.1, -0.05) is 31.5 Å².